The average Bonchev–Trinajstić information content (AvgIpc) is 2.38. The molecule has 0 bridgehead atoms. The van der Waals surface area contributed by atoms with Gasteiger partial charge in [0.15, 0.2) is 0 Å². The second kappa shape index (κ2) is 5.64. The molecule has 5 heteroatoms. The Morgan fingerprint density at radius 2 is 2.06 bits per heavy atom. The summed E-state index contributed by atoms with van der Waals surface area (Å²) in [4.78, 5) is 19.3. The standard InChI is InChI=1S/C13H17N3O2/c1-15-6-8-16(9-7-15)12-4-2-11(10-14-12)3-5-13(17)18/h2-5,10H,6-9H2,1H3,(H,17,18)/b5-3+. The van der Waals surface area contributed by atoms with Gasteiger partial charge in [0.2, 0.25) is 0 Å². The maximum absolute atomic E-state index is 10.4. The van der Waals surface area contributed by atoms with Crippen LogP contribution in [0.3, 0.4) is 0 Å². The molecule has 0 saturated carbocycles. The SMILES string of the molecule is CN1CCN(c2ccc(/C=C/C(=O)O)cn2)CC1. The van der Waals surface area contributed by atoms with Crippen molar-refractivity contribution in [1.29, 1.82) is 0 Å². The van der Waals surface area contributed by atoms with E-state index in [0.717, 1.165) is 43.6 Å². The van der Waals surface area contributed by atoms with Crippen LogP contribution in [0.5, 0.6) is 0 Å². The van der Waals surface area contributed by atoms with E-state index in [1.807, 2.05) is 12.1 Å². The highest BCUT2D eigenvalue weighted by Gasteiger charge is 2.14. The molecule has 0 unspecified atom stereocenters. The van der Waals surface area contributed by atoms with Crippen LogP contribution in [0.15, 0.2) is 24.4 Å². The van der Waals surface area contributed by atoms with Crippen molar-refractivity contribution in [3.63, 3.8) is 0 Å². The predicted molar refractivity (Wildman–Crippen MR) is 70.6 cm³/mol. The normalized spacial score (nSPS) is 17.3. The molecule has 1 N–H and O–H groups in total. The van der Waals surface area contributed by atoms with E-state index >= 15 is 0 Å². The Labute approximate surface area is 106 Å². The number of anilines is 1. The highest BCUT2D eigenvalue weighted by molar-refractivity contribution is 5.85. The number of rotatable bonds is 3. The molecule has 0 atom stereocenters. The first-order valence-electron chi connectivity index (χ1n) is 5.96. The minimum absolute atomic E-state index is 0.801. The second-order valence-corrected chi connectivity index (χ2v) is 4.41. The molecule has 0 aromatic carbocycles. The van der Waals surface area contributed by atoms with Gasteiger partial charge in [-0.2, -0.15) is 0 Å². The molecule has 1 aliphatic rings. The molecule has 2 rings (SSSR count). The highest BCUT2D eigenvalue weighted by Crippen LogP contribution is 2.14. The van der Waals surface area contributed by atoms with Crippen LogP contribution in [-0.4, -0.2) is 54.2 Å². The van der Waals surface area contributed by atoms with Crippen molar-refractivity contribution < 1.29 is 9.90 Å². The summed E-state index contributed by atoms with van der Waals surface area (Å²) in [7, 11) is 2.12. The quantitative estimate of drug-likeness (QED) is 0.805. The topological polar surface area (TPSA) is 56.7 Å². The first kappa shape index (κ1) is 12.6. The lowest BCUT2D eigenvalue weighted by molar-refractivity contribution is -0.131. The summed E-state index contributed by atoms with van der Waals surface area (Å²) in [5, 5.41) is 8.54. The van der Waals surface area contributed by atoms with Crippen LogP contribution in [0.2, 0.25) is 0 Å². The lowest BCUT2D eigenvalue weighted by atomic mass is 10.2. The molecule has 0 amide bonds. The Kier molecular flexibility index (Phi) is 3.94. The number of hydrogen-bond acceptors (Lipinski definition) is 4. The summed E-state index contributed by atoms with van der Waals surface area (Å²) >= 11 is 0. The van der Waals surface area contributed by atoms with Crippen molar-refractivity contribution in [3.8, 4) is 0 Å². The smallest absolute Gasteiger partial charge is 0.328 e. The zero-order valence-corrected chi connectivity index (χ0v) is 10.4. The molecule has 1 saturated heterocycles. The minimum atomic E-state index is -0.946. The molecule has 1 aromatic rings. The molecule has 0 radical (unpaired) electrons. The number of pyridine rings is 1. The summed E-state index contributed by atoms with van der Waals surface area (Å²) in [5.41, 5.74) is 0.801. The molecule has 1 aliphatic heterocycles. The third-order valence-electron chi connectivity index (χ3n) is 3.02. The van der Waals surface area contributed by atoms with Crippen molar-refractivity contribution in [2.45, 2.75) is 0 Å². The molecule has 0 aliphatic carbocycles. The van der Waals surface area contributed by atoms with E-state index in [2.05, 4.69) is 21.8 Å². The number of carbonyl (C=O) groups is 1. The predicted octanol–water partition coefficient (Wildman–Crippen LogP) is 0.931. The molecule has 2 heterocycles. The molecule has 96 valence electrons. The first-order valence-corrected chi connectivity index (χ1v) is 5.96. The van der Waals surface area contributed by atoms with Crippen LogP contribution in [0, 0.1) is 0 Å². The van der Waals surface area contributed by atoms with Gasteiger partial charge in [-0.05, 0) is 30.8 Å². The van der Waals surface area contributed by atoms with Crippen LogP contribution in [0.4, 0.5) is 5.82 Å². The average molecular weight is 247 g/mol. The van der Waals surface area contributed by atoms with Crippen LogP contribution < -0.4 is 4.90 Å². The van der Waals surface area contributed by atoms with E-state index in [4.69, 9.17) is 5.11 Å². The van der Waals surface area contributed by atoms with Crippen molar-refractivity contribution in [2.75, 3.05) is 38.1 Å². The highest BCUT2D eigenvalue weighted by atomic mass is 16.4. The molecule has 18 heavy (non-hydrogen) atoms. The molecular formula is C13H17N3O2. The second-order valence-electron chi connectivity index (χ2n) is 4.41. The number of aromatic nitrogens is 1. The molecule has 5 nitrogen and oxygen atoms in total. The Bertz CT molecular complexity index is 434. The number of aliphatic carboxylic acids is 1. The maximum Gasteiger partial charge on any atom is 0.328 e. The lowest BCUT2D eigenvalue weighted by Gasteiger charge is -2.33. The molecular weight excluding hydrogens is 230 g/mol. The third kappa shape index (κ3) is 3.30. The van der Waals surface area contributed by atoms with E-state index in [1.165, 1.54) is 0 Å². The van der Waals surface area contributed by atoms with Crippen molar-refractivity contribution in [3.05, 3.63) is 30.0 Å². The largest absolute Gasteiger partial charge is 0.478 e. The summed E-state index contributed by atoms with van der Waals surface area (Å²) in [6.07, 6.45) is 4.36. The van der Waals surface area contributed by atoms with Crippen molar-refractivity contribution in [2.24, 2.45) is 0 Å². The zero-order chi connectivity index (χ0) is 13.0. The summed E-state index contributed by atoms with van der Waals surface area (Å²) in [6.45, 7) is 4.05. The van der Waals surface area contributed by atoms with Gasteiger partial charge >= 0.3 is 5.97 Å². The Morgan fingerprint density at radius 1 is 1.33 bits per heavy atom. The van der Waals surface area contributed by atoms with Gasteiger partial charge in [0.05, 0.1) is 0 Å². The summed E-state index contributed by atoms with van der Waals surface area (Å²) in [5.74, 6) is 0.00807. The Balaban J connectivity index is 2.01. The zero-order valence-electron chi connectivity index (χ0n) is 10.4. The van der Waals surface area contributed by atoms with E-state index in [-0.39, 0.29) is 0 Å². The fourth-order valence-electron chi connectivity index (χ4n) is 1.89. The monoisotopic (exact) mass is 247 g/mol. The minimum Gasteiger partial charge on any atom is -0.478 e. The number of likely N-dealkylation sites (N-methyl/N-ethyl adjacent to an activating group) is 1. The molecule has 0 spiro atoms. The Hall–Kier alpha value is -1.88. The van der Waals surface area contributed by atoms with Gasteiger partial charge < -0.3 is 14.9 Å². The van der Waals surface area contributed by atoms with Crippen LogP contribution in [-0.2, 0) is 4.79 Å². The van der Waals surface area contributed by atoms with Gasteiger partial charge in [-0.25, -0.2) is 9.78 Å². The van der Waals surface area contributed by atoms with Crippen molar-refractivity contribution in [1.82, 2.24) is 9.88 Å². The first-order chi connectivity index (χ1) is 8.65. The van der Waals surface area contributed by atoms with Crippen LogP contribution in [0.1, 0.15) is 5.56 Å². The maximum atomic E-state index is 10.4. The number of nitrogens with zero attached hydrogens (tertiary/aromatic N) is 3. The van der Waals surface area contributed by atoms with Gasteiger partial charge in [-0.15, -0.1) is 0 Å². The molecule has 1 fully saturated rings. The fourth-order valence-corrected chi connectivity index (χ4v) is 1.89. The van der Waals surface area contributed by atoms with Gasteiger partial charge in [0.1, 0.15) is 5.82 Å². The van der Waals surface area contributed by atoms with E-state index in [9.17, 15) is 4.79 Å². The van der Waals surface area contributed by atoms with Crippen LogP contribution >= 0.6 is 0 Å². The Morgan fingerprint density at radius 3 is 2.61 bits per heavy atom. The summed E-state index contributed by atoms with van der Waals surface area (Å²) in [6, 6.07) is 3.83. The third-order valence-corrected chi connectivity index (χ3v) is 3.02. The van der Waals surface area contributed by atoms with E-state index in [0.29, 0.717) is 0 Å². The van der Waals surface area contributed by atoms with Crippen LogP contribution in [0.25, 0.3) is 6.08 Å². The number of carboxylic acids is 1. The van der Waals surface area contributed by atoms with E-state index in [1.54, 1.807) is 12.3 Å². The van der Waals surface area contributed by atoms with Crippen molar-refractivity contribution >= 4 is 17.9 Å². The van der Waals surface area contributed by atoms with E-state index < -0.39 is 5.97 Å². The molecule has 1 aromatic heterocycles. The number of carboxylic acid groups (broad SMARTS) is 1. The lowest BCUT2D eigenvalue weighted by Crippen LogP contribution is -2.44. The van der Waals surface area contributed by atoms with Gasteiger partial charge in [-0.1, -0.05) is 0 Å². The summed E-state index contributed by atoms with van der Waals surface area (Å²) < 4.78 is 0. The number of hydrogen-bond donors (Lipinski definition) is 1. The van der Waals surface area contributed by atoms with Gasteiger partial charge in [0.25, 0.3) is 0 Å². The number of piperazine rings is 1. The fraction of sp³-hybridized carbons (Fsp3) is 0.385. The van der Waals surface area contributed by atoms with Gasteiger partial charge in [-0.3, -0.25) is 0 Å². The van der Waals surface area contributed by atoms with Gasteiger partial charge in [0, 0.05) is 38.5 Å².